The summed E-state index contributed by atoms with van der Waals surface area (Å²) in [5, 5.41) is 22.6. The minimum Gasteiger partial charge on any atom is -0.507 e. The van der Waals surface area contributed by atoms with E-state index in [4.69, 9.17) is 9.47 Å². The van der Waals surface area contributed by atoms with E-state index < -0.39 is 5.60 Å². The molecule has 0 spiro atoms. The highest BCUT2D eigenvalue weighted by Crippen LogP contribution is 2.33. The number of carbonyl (C=O) groups excluding carboxylic acids is 1. The Kier molecular flexibility index (Phi) is 10.7. The second kappa shape index (κ2) is 14.9. The predicted octanol–water partition coefficient (Wildman–Crippen LogP) is 3.58. The van der Waals surface area contributed by atoms with Gasteiger partial charge in [-0.15, -0.1) is 10.2 Å². The molecule has 2 N–H and O–H groups in total. The molecule has 5 heterocycles. The predicted molar refractivity (Wildman–Crippen MR) is 184 cm³/mol. The molecule has 2 aromatic rings. The lowest BCUT2D eigenvalue weighted by atomic mass is 9.97. The van der Waals surface area contributed by atoms with Crippen LogP contribution in [0.4, 0.5) is 16.3 Å². The summed E-state index contributed by atoms with van der Waals surface area (Å²) in [6, 6.07) is 10.6. The van der Waals surface area contributed by atoms with Crippen molar-refractivity contribution in [1.29, 1.82) is 0 Å². The first-order valence-corrected chi connectivity index (χ1v) is 17.5. The molecule has 47 heavy (non-hydrogen) atoms. The molecule has 258 valence electrons. The number of morpholine rings is 1. The van der Waals surface area contributed by atoms with Gasteiger partial charge < -0.3 is 44.4 Å². The number of phenols is 1. The smallest absolute Gasteiger partial charge is 0.410 e. The lowest BCUT2D eigenvalue weighted by Crippen LogP contribution is -2.54. The highest BCUT2D eigenvalue weighted by molar-refractivity contribution is 5.76. The molecule has 3 fully saturated rings. The molecular weight excluding hydrogens is 596 g/mol. The van der Waals surface area contributed by atoms with E-state index in [2.05, 4.69) is 42.2 Å². The molecule has 0 saturated carbocycles. The Hall–Kier alpha value is -3.19. The summed E-state index contributed by atoms with van der Waals surface area (Å²) in [5.74, 6) is 1.03. The number of hydrogen-bond donors (Lipinski definition) is 2. The fourth-order valence-electron chi connectivity index (χ4n) is 7.46. The number of amides is 1. The molecule has 1 aromatic heterocycles. The largest absolute Gasteiger partial charge is 0.507 e. The van der Waals surface area contributed by atoms with Gasteiger partial charge in [-0.05, 0) is 97.9 Å². The quantitative estimate of drug-likeness (QED) is 0.438. The first kappa shape index (κ1) is 33.7. The number of nitrogens with zero attached hydrogens (tertiary/aromatic N) is 7. The lowest BCUT2D eigenvalue weighted by Gasteiger charge is -2.44. The van der Waals surface area contributed by atoms with E-state index in [1.54, 1.807) is 11.0 Å². The number of likely N-dealkylation sites (tertiary alicyclic amines) is 2. The molecule has 12 nitrogen and oxygen atoms in total. The monoisotopic (exact) mass is 650 g/mol. The number of likely N-dealkylation sites (N-methyl/N-ethyl adjacent to an activating group) is 1. The number of carbonyl (C=O) groups is 1. The minimum atomic E-state index is -0.481. The van der Waals surface area contributed by atoms with Gasteiger partial charge in [-0.25, -0.2) is 4.79 Å². The molecule has 4 aliphatic rings. The van der Waals surface area contributed by atoms with Crippen molar-refractivity contribution in [2.45, 2.75) is 70.2 Å². The Balaban J connectivity index is 0.924. The van der Waals surface area contributed by atoms with Crippen LogP contribution in [0.15, 0.2) is 30.3 Å². The third kappa shape index (κ3) is 8.65. The van der Waals surface area contributed by atoms with Gasteiger partial charge in [0.15, 0.2) is 5.82 Å². The highest BCUT2D eigenvalue weighted by atomic mass is 16.6. The van der Waals surface area contributed by atoms with Crippen molar-refractivity contribution in [2.75, 3.05) is 95.9 Å². The lowest BCUT2D eigenvalue weighted by molar-refractivity contribution is -0.0560. The standard InChI is InChI=1S/C35H54N8O4/c1-35(2,3)47-34(45)43-21-22-46-28(25-43)24-40-14-9-27(10-15-40)41-16-11-26(12-17-41)39(4)19-20-42-18-13-36-33-31(42)23-30(37-38-33)29-7-5-6-8-32(29)44/h5-8,23,26-28,44H,9-22,24-25H2,1-4H3,(H,36,38). The molecule has 0 radical (unpaired) electrons. The van der Waals surface area contributed by atoms with Crippen LogP contribution in [0.3, 0.4) is 0 Å². The van der Waals surface area contributed by atoms with Gasteiger partial charge >= 0.3 is 6.09 Å². The summed E-state index contributed by atoms with van der Waals surface area (Å²) < 4.78 is 11.6. The van der Waals surface area contributed by atoms with Crippen LogP contribution < -0.4 is 10.2 Å². The topological polar surface area (TPSA) is 110 Å². The number of benzene rings is 1. The maximum absolute atomic E-state index is 12.6. The van der Waals surface area contributed by atoms with E-state index in [0.717, 1.165) is 70.4 Å². The van der Waals surface area contributed by atoms with Gasteiger partial charge in [-0.3, -0.25) is 0 Å². The highest BCUT2D eigenvalue weighted by Gasteiger charge is 2.33. The van der Waals surface area contributed by atoms with E-state index in [1.165, 1.54) is 25.7 Å². The zero-order chi connectivity index (χ0) is 33.0. The van der Waals surface area contributed by atoms with Crippen LogP contribution in [0.5, 0.6) is 5.75 Å². The van der Waals surface area contributed by atoms with E-state index >= 15 is 0 Å². The third-order valence-corrected chi connectivity index (χ3v) is 10.1. The summed E-state index contributed by atoms with van der Waals surface area (Å²) in [5.41, 5.74) is 1.96. The van der Waals surface area contributed by atoms with Crippen molar-refractivity contribution in [3.8, 4) is 17.0 Å². The number of ether oxygens (including phenoxy) is 2. The number of aromatic hydroxyl groups is 1. The van der Waals surface area contributed by atoms with Crippen molar-refractivity contribution >= 4 is 17.6 Å². The Morgan fingerprint density at radius 2 is 1.83 bits per heavy atom. The SMILES string of the molecule is CN(CCN1CCNc2nnc(-c3ccccc3O)cc21)C1CCN(C2CCN(CC3CN(C(=O)OC(C)(C)C)CCO3)CC2)CC1. The van der Waals surface area contributed by atoms with Crippen LogP contribution in [0.25, 0.3) is 11.3 Å². The number of para-hydroxylation sites is 1. The number of phenolic OH excluding ortho intramolecular Hbond substituents is 1. The minimum absolute atomic E-state index is 0.0426. The Labute approximate surface area is 280 Å². The van der Waals surface area contributed by atoms with Crippen LogP contribution in [0.1, 0.15) is 46.5 Å². The Morgan fingerprint density at radius 3 is 2.57 bits per heavy atom. The summed E-state index contributed by atoms with van der Waals surface area (Å²) in [6.45, 7) is 16.5. The molecule has 6 rings (SSSR count). The van der Waals surface area contributed by atoms with Crippen LogP contribution in [0, 0.1) is 0 Å². The van der Waals surface area contributed by atoms with E-state index in [9.17, 15) is 9.90 Å². The molecule has 12 heteroatoms. The molecule has 0 aliphatic carbocycles. The second-order valence-corrected chi connectivity index (χ2v) is 14.6. The van der Waals surface area contributed by atoms with Gasteiger partial charge in [0.2, 0.25) is 0 Å². The molecule has 0 bridgehead atoms. The molecule has 3 saturated heterocycles. The van der Waals surface area contributed by atoms with Gasteiger partial charge in [0.05, 0.1) is 30.6 Å². The van der Waals surface area contributed by atoms with E-state index in [0.29, 0.717) is 43.0 Å². The maximum Gasteiger partial charge on any atom is 0.410 e. The van der Waals surface area contributed by atoms with Crippen LogP contribution in [-0.4, -0.2) is 150 Å². The molecular formula is C35H54N8O4. The fraction of sp³-hybridized carbons (Fsp3) is 0.686. The van der Waals surface area contributed by atoms with Crippen molar-refractivity contribution in [1.82, 2.24) is 29.8 Å². The summed E-state index contributed by atoms with van der Waals surface area (Å²) in [4.78, 5) is 24.6. The average molecular weight is 651 g/mol. The third-order valence-electron chi connectivity index (χ3n) is 10.1. The first-order chi connectivity index (χ1) is 22.6. The fourth-order valence-corrected chi connectivity index (χ4v) is 7.46. The van der Waals surface area contributed by atoms with Gasteiger partial charge in [0.1, 0.15) is 11.4 Å². The number of aromatic nitrogens is 2. The van der Waals surface area contributed by atoms with Crippen LogP contribution in [-0.2, 0) is 9.47 Å². The zero-order valence-corrected chi connectivity index (χ0v) is 28.7. The van der Waals surface area contributed by atoms with Crippen molar-refractivity contribution in [3.63, 3.8) is 0 Å². The van der Waals surface area contributed by atoms with Crippen molar-refractivity contribution in [2.24, 2.45) is 0 Å². The van der Waals surface area contributed by atoms with Crippen molar-refractivity contribution in [3.05, 3.63) is 30.3 Å². The number of anilines is 2. The average Bonchev–Trinajstić information content (AvgIpc) is 3.07. The Bertz CT molecular complexity index is 1340. The number of nitrogens with one attached hydrogen (secondary N) is 1. The maximum atomic E-state index is 12.6. The second-order valence-electron chi connectivity index (χ2n) is 14.6. The summed E-state index contributed by atoms with van der Waals surface area (Å²) in [6.07, 6.45) is 4.60. The van der Waals surface area contributed by atoms with Gasteiger partial charge in [0.25, 0.3) is 0 Å². The molecule has 1 unspecified atom stereocenters. The zero-order valence-electron chi connectivity index (χ0n) is 28.7. The Morgan fingerprint density at radius 1 is 1.06 bits per heavy atom. The van der Waals surface area contributed by atoms with Gasteiger partial charge in [-0.2, -0.15) is 0 Å². The first-order valence-electron chi connectivity index (χ1n) is 17.5. The number of piperidine rings is 2. The van der Waals surface area contributed by atoms with Crippen LogP contribution >= 0.6 is 0 Å². The van der Waals surface area contributed by atoms with Crippen LogP contribution in [0.2, 0.25) is 0 Å². The summed E-state index contributed by atoms with van der Waals surface area (Å²) >= 11 is 0. The summed E-state index contributed by atoms with van der Waals surface area (Å²) in [7, 11) is 2.28. The van der Waals surface area contributed by atoms with Gasteiger partial charge in [-0.1, -0.05) is 12.1 Å². The van der Waals surface area contributed by atoms with E-state index in [-0.39, 0.29) is 17.9 Å². The number of hydrogen-bond acceptors (Lipinski definition) is 11. The van der Waals surface area contributed by atoms with Gasteiger partial charge in [0, 0.05) is 56.9 Å². The van der Waals surface area contributed by atoms with Crippen molar-refractivity contribution < 1.29 is 19.4 Å². The molecule has 4 aliphatic heterocycles. The van der Waals surface area contributed by atoms with E-state index in [1.807, 2.05) is 45.0 Å². The molecule has 1 aromatic carbocycles. The molecule has 1 amide bonds. The number of rotatable bonds is 8. The number of fused-ring (bicyclic) bond motifs is 1. The normalized spacial score (nSPS) is 22.3. The molecule has 1 atom stereocenters.